The summed E-state index contributed by atoms with van der Waals surface area (Å²) in [5.74, 6) is -0.946. The molecular formula is C15H23NO2. The number of hydrogen-bond donors (Lipinski definition) is 2. The monoisotopic (exact) mass is 249 g/mol. The van der Waals surface area contributed by atoms with Crippen molar-refractivity contribution in [3.8, 4) is 0 Å². The van der Waals surface area contributed by atoms with Gasteiger partial charge in [-0.3, -0.25) is 4.79 Å². The van der Waals surface area contributed by atoms with Gasteiger partial charge in [0.2, 0.25) is 0 Å². The average Bonchev–Trinajstić information content (AvgIpc) is 2.36. The molecule has 0 spiro atoms. The van der Waals surface area contributed by atoms with Gasteiger partial charge in [0, 0.05) is 0 Å². The van der Waals surface area contributed by atoms with Crippen LogP contribution in [0.15, 0.2) is 24.3 Å². The van der Waals surface area contributed by atoms with Gasteiger partial charge in [0.25, 0.3) is 0 Å². The molecule has 0 fully saturated rings. The molecule has 0 aliphatic rings. The number of nitrogens with two attached hydrogens (primary N) is 1. The number of carboxylic acids is 1. The van der Waals surface area contributed by atoms with Gasteiger partial charge in [-0.05, 0) is 30.4 Å². The number of carboxylic acid groups (broad SMARTS) is 1. The van der Waals surface area contributed by atoms with Gasteiger partial charge < -0.3 is 10.8 Å². The Morgan fingerprint density at radius 3 is 2.33 bits per heavy atom. The summed E-state index contributed by atoms with van der Waals surface area (Å²) in [6, 6.07) is 7.32. The molecule has 0 aromatic heterocycles. The standard InChI is InChI=1S/C15H23NO2/c1-2-3-4-5-6-12-7-9-13(10-8-12)11-14(16)15(17)18/h7-10,14H,2-6,11,16H2,1H3,(H,17,18)/t14-/m1/s1. The zero-order valence-corrected chi connectivity index (χ0v) is 11.1. The second-order valence-corrected chi connectivity index (χ2v) is 4.78. The summed E-state index contributed by atoms with van der Waals surface area (Å²) in [7, 11) is 0. The van der Waals surface area contributed by atoms with E-state index in [2.05, 4.69) is 19.1 Å². The maximum atomic E-state index is 10.6. The van der Waals surface area contributed by atoms with Crippen LogP contribution in [-0.2, 0) is 17.6 Å². The van der Waals surface area contributed by atoms with Gasteiger partial charge in [0.05, 0.1) is 0 Å². The molecule has 0 unspecified atom stereocenters. The molecule has 1 atom stereocenters. The van der Waals surface area contributed by atoms with E-state index in [1.807, 2.05) is 12.1 Å². The molecule has 0 aliphatic carbocycles. The minimum absolute atomic E-state index is 0.394. The van der Waals surface area contributed by atoms with Gasteiger partial charge in [0.1, 0.15) is 6.04 Å². The predicted octanol–water partition coefficient (Wildman–Crippen LogP) is 2.76. The number of carbonyl (C=O) groups is 1. The molecule has 1 aromatic carbocycles. The van der Waals surface area contributed by atoms with E-state index >= 15 is 0 Å². The fourth-order valence-corrected chi connectivity index (χ4v) is 1.94. The van der Waals surface area contributed by atoms with E-state index in [1.54, 1.807) is 0 Å². The minimum atomic E-state index is -0.946. The topological polar surface area (TPSA) is 63.3 Å². The Balaban J connectivity index is 2.40. The molecule has 0 bridgehead atoms. The highest BCUT2D eigenvalue weighted by Crippen LogP contribution is 2.10. The van der Waals surface area contributed by atoms with E-state index in [0.29, 0.717) is 6.42 Å². The van der Waals surface area contributed by atoms with E-state index < -0.39 is 12.0 Å². The van der Waals surface area contributed by atoms with Crippen molar-refractivity contribution in [3.05, 3.63) is 35.4 Å². The normalized spacial score (nSPS) is 12.3. The first kappa shape index (κ1) is 14.7. The highest BCUT2D eigenvalue weighted by Gasteiger charge is 2.11. The van der Waals surface area contributed by atoms with E-state index in [1.165, 1.54) is 31.2 Å². The smallest absolute Gasteiger partial charge is 0.320 e. The van der Waals surface area contributed by atoms with Crippen molar-refractivity contribution in [1.29, 1.82) is 0 Å². The first-order valence-electron chi connectivity index (χ1n) is 6.69. The summed E-state index contributed by atoms with van der Waals surface area (Å²) in [5.41, 5.74) is 7.81. The second-order valence-electron chi connectivity index (χ2n) is 4.78. The lowest BCUT2D eigenvalue weighted by Gasteiger charge is -2.07. The summed E-state index contributed by atoms with van der Waals surface area (Å²) in [6.07, 6.45) is 6.55. The lowest BCUT2D eigenvalue weighted by molar-refractivity contribution is -0.138. The molecule has 0 saturated heterocycles. The Morgan fingerprint density at radius 1 is 1.17 bits per heavy atom. The third-order valence-corrected chi connectivity index (χ3v) is 3.11. The molecule has 1 aromatic rings. The van der Waals surface area contributed by atoms with Crippen molar-refractivity contribution in [2.75, 3.05) is 0 Å². The molecule has 18 heavy (non-hydrogen) atoms. The highest BCUT2D eigenvalue weighted by molar-refractivity contribution is 5.73. The molecule has 3 heteroatoms. The van der Waals surface area contributed by atoms with Gasteiger partial charge in [-0.25, -0.2) is 0 Å². The molecule has 100 valence electrons. The molecule has 0 radical (unpaired) electrons. The highest BCUT2D eigenvalue weighted by atomic mass is 16.4. The lowest BCUT2D eigenvalue weighted by Crippen LogP contribution is -2.32. The molecule has 1 rings (SSSR count). The maximum absolute atomic E-state index is 10.6. The van der Waals surface area contributed by atoms with Gasteiger partial charge in [-0.2, -0.15) is 0 Å². The number of benzene rings is 1. The van der Waals surface area contributed by atoms with Gasteiger partial charge in [0.15, 0.2) is 0 Å². The van der Waals surface area contributed by atoms with Crippen molar-refractivity contribution >= 4 is 5.97 Å². The van der Waals surface area contributed by atoms with Gasteiger partial charge in [-0.1, -0.05) is 50.5 Å². The van der Waals surface area contributed by atoms with E-state index in [9.17, 15) is 4.79 Å². The summed E-state index contributed by atoms with van der Waals surface area (Å²) in [4.78, 5) is 10.6. The molecular weight excluding hydrogens is 226 g/mol. The first-order valence-corrected chi connectivity index (χ1v) is 6.69. The van der Waals surface area contributed by atoms with Gasteiger partial charge in [-0.15, -0.1) is 0 Å². The van der Waals surface area contributed by atoms with Crippen LogP contribution in [0, 0.1) is 0 Å². The third-order valence-electron chi connectivity index (χ3n) is 3.11. The maximum Gasteiger partial charge on any atom is 0.320 e. The molecule has 0 amide bonds. The van der Waals surface area contributed by atoms with Crippen LogP contribution in [-0.4, -0.2) is 17.1 Å². The molecule has 0 saturated carbocycles. The first-order chi connectivity index (χ1) is 8.63. The largest absolute Gasteiger partial charge is 0.480 e. The fraction of sp³-hybridized carbons (Fsp3) is 0.533. The lowest BCUT2D eigenvalue weighted by atomic mass is 10.0. The quantitative estimate of drug-likeness (QED) is 0.696. The van der Waals surface area contributed by atoms with E-state index in [-0.39, 0.29) is 0 Å². The zero-order valence-electron chi connectivity index (χ0n) is 11.1. The van der Waals surface area contributed by atoms with Crippen LogP contribution in [0.5, 0.6) is 0 Å². The SMILES string of the molecule is CCCCCCc1ccc(C[C@@H](N)C(=O)O)cc1. The Morgan fingerprint density at radius 2 is 1.78 bits per heavy atom. The van der Waals surface area contributed by atoms with Crippen LogP contribution in [0.25, 0.3) is 0 Å². The van der Waals surface area contributed by atoms with Crippen LogP contribution in [0.4, 0.5) is 0 Å². The van der Waals surface area contributed by atoms with Gasteiger partial charge >= 0.3 is 5.97 Å². The Kier molecular flexibility index (Phi) is 6.44. The average molecular weight is 249 g/mol. The van der Waals surface area contributed by atoms with E-state index in [0.717, 1.165) is 12.0 Å². The molecule has 0 heterocycles. The summed E-state index contributed by atoms with van der Waals surface area (Å²) in [6.45, 7) is 2.21. The summed E-state index contributed by atoms with van der Waals surface area (Å²) >= 11 is 0. The van der Waals surface area contributed by atoms with Crippen LogP contribution < -0.4 is 5.73 Å². The molecule has 0 aliphatic heterocycles. The minimum Gasteiger partial charge on any atom is -0.480 e. The third kappa shape index (κ3) is 5.32. The van der Waals surface area contributed by atoms with Crippen molar-refractivity contribution < 1.29 is 9.90 Å². The van der Waals surface area contributed by atoms with Crippen LogP contribution in [0.1, 0.15) is 43.7 Å². The number of hydrogen-bond acceptors (Lipinski definition) is 2. The fourth-order valence-electron chi connectivity index (χ4n) is 1.94. The van der Waals surface area contributed by atoms with Crippen molar-refractivity contribution in [2.24, 2.45) is 5.73 Å². The molecule has 3 N–H and O–H groups in total. The van der Waals surface area contributed by atoms with Crippen LogP contribution >= 0.6 is 0 Å². The van der Waals surface area contributed by atoms with E-state index in [4.69, 9.17) is 10.8 Å². The Bertz CT molecular complexity index is 359. The van der Waals surface area contributed by atoms with Crippen molar-refractivity contribution in [3.63, 3.8) is 0 Å². The number of rotatable bonds is 8. The number of aryl methyl sites for hydroxylation is 1. The van der Waals surface area contributed by atoms with Crippen molar-refractivity contribution in [2.45, 2.75) is 51.5 Å². The summed E-state index contributed by atoms with van der Waals surface area (Å²) < 4.78 is 0. The summed E-state index contributed by atoms with van der Waals surface area (Å²) in [5, 5.41) is 8.74. The van der Waals surface area contributed by atoms with Crippen molar-refractivity contribution in [1.82, 2.24) is 0 Å². The molecule has 3 nitrogen and oxygen atoms in total. The van der Waals surface area contributed by atoms with Crippen LogP contribution in [0.3, 0.4) is 0 Å². The Labute approximate surface area is 109 Å². The number of unbranched alkanes of at least 4 members (excludes halogenated alkanes) is 3. The Hall–Kier alpha value is -1.35. The zero-order chi connectivity index (χ0) is 13.4. The van der Waals surface area contributed by atoms with Crippen LogP contribution in [0.2, 0.25) is 0 Å². The predicted molar refractivity (Wildman–Crippen MR) is 73.6 cm³/mol. The number of aliphatic carboxylic acids is 1. The second kappa shape index (κ2) is 7.88.